The highest BCUT2D eigenvalue weighted by atomic mass is 16.6. The van der Waals surface area contributed by atoms with Gasteiger partial charge >= 0.3 is 12.1 Å². The third kappa shape index (κ3) is 4.70. The molecule has 0 aromatic heterocycles. The SMILES string of the molecule is COCC1CC[C@@H](C(=O)O)N(C(=O)OC(C)(C)C)C1. The van der Waals surface area contributed by atoms with Crippen LogP contribution in [-0.2, 0) is 14.3 Å². The number of methoxy groups -OCH3 is 1. The topological polar surface area (TPSA) is 76.1 Å². The Morgan fingerprint density at radius 1 is 1.32 bits per heavy atom. The lowest BCUT2D eigenvalue weighted by atomic mass is 9.93. The van der Waals surface area contributed by atoms with E-state index in [0.717, 1.165) is 6.42 Å². The lowest BCUT2D eigenvalue weighted by Gasteiger charge is -2.37. The van der Waals surface area contributed by atoms with Crippen LogP contribution in [0.5, 0.6) is 0 Å². The van der Waals surface area contributed by atoms with Crippen LogP contribution >= 0.6 is 0 Å². The number of likely N-dealkylation sites (tertiary alicyclic amines) is 1. The number of hydrogen-bond donors (Lipinski definition) is 1. The Morgan fingerprint density at radius 3 is 2.42 bits per heavy atom. The van der Waals surface area contributed by atoms with Crippen LogP contribution in [0.1, 0.15) is 33.6 Å². The van der Waals surface area contributed by atoms with Crippen LogP contribution in [0.3, 0.4) is 0 Å². The quantitative estimate of drug-likeness (QED) is 0.847. The standard InChI is InChI=1S/C13H23NO5/c1-13(2,3)19-12(17)14-7-9(8-18-4)5-6-10(14)11(15)16/h9-10H,5-8H2,1-4H3,(H,15,16)/t9?,10-/m0/s1. The number of rotatable bonds is 3. The first-order valence-corrected chi connectivity index (χ1v) is 6.46. The fourth-order valence-corrected chi connectivity index (χ4v) is 2.20. The Morgan fingerprint density at radius 2 is 1.95 bits per heavy atom. The Balaban J connectivity index is 2.76. The molecule has 6 nitrogen and oxygen atoms in total. The van der Waals surface area contributed by atoms with Crippen LogP contribution in [0.4, 0.5) is 4.79 Å². The first-order valence-electron chi connectivity index (χ1n) is 6.46. The van der Waals surface area contributed by atoms with Gasteiger partial charge in [0.15, 0.2) is 0 Å². The molecule has 19 heavy (non-hydrogen) atoms. The number of ether oxygens (including phenoxy) is 2. The highest BCUT2D eigenvalue weighted by molar-refractivity contribution is 5.80. The molecule has 0 aromatic carbocycles. The molecule has 1 rings (SSSR count). The summed E-state index contributed by atoms with van der Waals surface area (Å²) in [6, 6.07) is -0.803. The monoisotopic (exact) mass is 273 g/mol. The number of piperidine rings is 1. The zero-order chi connectivity index (χ0) is 14.6. The summed E-state index contributed by atoms with van der Waals surface area (Å²) in [6.45, 7) is 6.16. The predicted molar refractivity (Wildman–Crippen MR) is 69.0 cm³/mol. The summed E-state index contributed by atoms with van der Waals surface area (Å²) < 4.78 is 10.3. The molecule has 1 aliphatic heterocycles. The molecule has 1 N–H and O–H groups in total. The molecule has 1 saturated heterocycles. The van der Waals surface area contributed by atoms with E-state index < -0.39 is 23.7 Å². The van der Waals surface area contributed by atoms with Crippen LogP contribution < -0.4 is 0 Å². The largest absolute Gasteiger partial charge is 0.480 e. The van der Waals surface area contributed by atoms with Gasteiger partial charge < -0.3 is 14.6 Å². The number of hydrogen-bond acceptors (Lipinski definition) is 4. The van der Waals surface area contributed by atoms with Gasteiger partial charge in [0.05, 0.1) is 6.61 Å². The molecule has 0 spiro atoms. The van der Waals surface area contributed by atoms with Crippen molar-refractivity contribution in [2.24, 2.45) is 5.92 Å². The van der Waals surface area contributed by atoms with E-state index in [1.807, 2.05) is 0 Å². The molecule has 1 unspecified atom stereocenters. The maximum atomic E-state index is 12.1. The number of amides is 1. The van der Waals surface area contributed by atoms with Crippen LogP contribution in [0.25, 0.3) is 0 Å². The molecule has 0 radical (unpaired) electrons. The first-order chi connectivity index (χ1) is 8.74. The number of carboxylic acid groups (broad SMARTS) is 1. The summed E-state index contributed by atoms with van der Waals surface area (Å²) in [5.74, 6) is -0.824. The third-order valence-corrected chi connectivity index (χ3v) is 2.99. The average Bonchev–Trinajstić information content (AvgIpc) is 2.26. The van der Waals surface area contributed by atoms with E-state index in [1.165, 1.54) is 4.90 Å². The zero-order valence-corrected chi connectivity index (χ0v) is 12.0. The highest BCUT2D eigenvalue weighted by Crippen LogP contribution is 2.24. The molecule has 1 heterocycles. The lowest BCUT2D eigenvalue weighted by Crippen LogP contribution is -2.52. The first kappa shape index (κ1) is 15.8. The normalized spacial score (nSPS) is 24.1. The maximum absolute atomic E-state index is 12.1. The van der Waals surface area contributed by atoms with Crippen LogP contribution in [0, 0.1) is 5.92 Å². The molecule has 0 saturated carbocycles. The third-order valence-electron chi connectivity index (χ3n) is 2.99. The smallest absolute Gasteiger partial charge is 0.411 e. The fraction of sp³-hybridized carbons (Fsp3) is 0.846. The molecular weight excluding hydrogens is 250 g/mol. The molecule has 110 valence electrons. The van der Waals surface area contributed by atoms with Crippen LogP contribution in [0.2, 0.25) is 0 Å². The number of aliphatic carboxylic acids is 1. The van der Waals surface area contributed by atoms with Crippen molar-refractivity contribution in [1.29, 1.82) is 0 Å². The summed E-state index contributed by atoms with van der Waals surface area (Å²) in [7, 11) is 1.60. The number of carbonyl (C=O) groups is 2. The van der Waals surface area contributed by atoms with Crippen molar-refractivity contribution in [3.05, 3.63) is 0 Å². The summed E-state index contributed by atoms with van der Waals surface area (Å²) >= 11 is 0. The Labute approximate surface area is 113 Å². The lowest BCUT2D eigenvalue weighted by molar-refractivity contribution is -0.145. The molecule has 1 fully saturated rings. The molecule has 0 bridgehead atoms. The van der Waals surface area contributed by atoms with Gasteiger partial charge in [-0.05, 0) is 33.6 Å². The second kappa shape index (κ2) is 6.23. The van der Waals surface area contributed by atoms with Crippen molar-refractivity contribution in [1.82, 2.24) is 4.90 Å². The second-order valence-corrected chi connectivity index (χ2v) is 5.89. The van der Waals surface area contributed by atoms with Gasteiger partial charge in [0.2, 0.25) is 0 Å². The van der Waals surface area contributed by atoms with E-state index in [0.29, 0.717) is 19.6 Å². The van der Waals surface area contributed by atoms with Crippen LogP contribution in [-0.4, -0.2) is 54.0 Å². The molecular formula is C13H23NO5. The minimum absolute atomic E-state index is 0.160. The average molecular weight is 273 g/mol. The minimum atomic E-state index is -0.985. The summed E-state index contributed by atoms with van der Waals surface area (Å²) in [4.78, 5) is 24.6. The van der Waals surface area contributed by atoms with Crippen LogP contribution in [0.15, 0.2) is 0 Å². The van der Waals surface area contributed by atoms with Gasteiger partial charge in [-0.3, -0.25) is 4.90 Å². The van der Waals surface area contributed by atoms with Gasteiger partial charge in [-0.25, -0.2) is 9.59 Å². The molecule has 0 aromatic rings. The molecule has 1 amide bonds. The summed E-state index contributed by atoms with van der Waals surface area (Å²) in [6.07, 6.45) is 0.605. The van der Waals surface area contributed by atoms with Gasteiger partial charge in [0, 0.05) is 19.6 Å². The second-order valence-electron chi connectivity index (χ2n) is 5.89. The minimum Gasteiger partial charge on any atom is -0.480 e. The maximum Gasteiger partial charge on any atom is 0.411 e. The van der Waals surface area contributed by atoms with E-state index in [1.54, 1.807) is 27.9 Å². The number of carbonyl (C=O) groups excluding carboxylic acids is 1. The summed E-state index contributed by atoms with van der Waals surface area (Å²) in [5, 5.41) is 9.19. The van der Waals surface area contributed by atoms with E-state index in [4.69, 9.17) is 9.47 Å². The molecule has 2 atom stereocenters. The van der Waals surface area contributed by atoms with E-state index in [9.17, 15) is 14.7 Å². The van der Waals surface area contributed by atoms with Gasteiger partial charge in [0.25, 0.3) is 0 Å². The molecule has 1 aliphatic rings. The zero-order valence-electron chi connectivity index (χ0n) is 12.0. The molecule has 0 aliphatic carbocycles. The number of nitrogens with zero attached hydrogens (tertiary/aromatic N) is 1. The Hall–Kier alpha value is -1.30. The predicted octanol–water partition coefficient (Wildman–Crippen LogP) is 1.73. The van der Waals surface area contributed by atoms with Gasteiger partial charge in [-0.1, -0.05) is 0 Å². The van der Waals surface area contributed by atoms with Crippen molar-refractivity contribution >= 4 is 12.1 Å². The summed E-state index contributed by atoms with van der Waals surface area (Å²) in [5.41, 5.74) is -0.631. The van der Waals surface area contributed by atoms with E-state index in [-0.39, 0.29) is 5.92 Å². The van der Waals surface area contributed by atoms with Gasteiger partial charge in [-0.15, -0.1) is 0 Å². The van der Waals surface area contributed by atoms with Crippen molar-refractivity contribution in [3.8, 4) is 0 Å². The van der Waals surface area contributed by atoms with Crippen molar-refractivity contribution in [2.45, 2.75) is 45.3 Å². The Bertz CT molecular complexity index is 336. The van der Waals surface area contributed by atoms with Gasteiger partial charge in [-0.2, -0.15) is 0 Å². The van der Waals surface area contributed by atoms with E-state index in [2.05, 4.69) is 0 Å². The van der Waals surface area contributed by atoms with Crippen molar-refractivity contribution < 1.29 is 24.2 Å². The molecule has 6 heteroatoms. The highest BCUT2D eigenvalue weighted by Gasteiger charge is 2.38. The van der Waals surface area contributed by atoms with Crippen molar-refractivity contribution in [2.75, 3.05) is 20.3 Å². The Kier molecular flexibility index (Phi) is 5.17. The number of carboxylic acids is 1. The van der Waals surface area contributed by atoms with Gasteiger partial charge in [0.1, 0.15) is 11.6 Å². The van der Waals surface area contributed by atoms with Crippen molar-refractivity contribution in [3.63, 3.8) is 0 Å². The van der Waals surface area contributed by atoms with E-state index >= 15 is 0 Å². The fourth-order valence-electron chi connectivity index (χ4n) is 2.20.